The number of benzene rings is 2. The number of aromatic nitrogens is 2. The van der Waals surface area contributed by atoms with E-state index in [0.717, 1.165) is 18.4 Å². The van der Waals surface area contributed by atoms with Crippen molar-refractivity contribution in [1.82, 2.24) is 4.57 Å². The molecule has 3 atom stereocenters. The van der Waals surface area contributed by atoms with Crippen LogP contribution in [-0.4, -0.2) is 10.7 Å². The lowest BCUT2D eigenvalue weighted by molar-refractivity contribution is -0.663. The monoisotopic (exact) mass is 468 g/mol. The van der Waals surface area contributed by atoms with Crippen LogP contribution in [0, 0.1) is 45.4 Å². The second-order valence-electron chi connectivity index (χ2n) is 10.6. The second kappa shape index (κ2) is 10.6. The third-order valence-corrected chi connectivity index (χ3v) is 8.16. The second-order valence-corrected chi connectivity index (χ2v) is 10.6. The molecule has 1 saturated carbocycles. The van der Waals surface area contributed by atoms with Gasteiger partial charge < -0.3 is 17.1 Å². The molecule has 3 aromatic rings. The van der Waals surface area contributed by atoms with Gasteiger partial charge in [0.15, 0.2) is 17.8 Å². The maximum Gasteiger partial charge on any atom is 0.246 e. The molecule has 0 radical (unpaired) electrons. The third-order valence-electron chi connectivity index (χ3n) is 8.16. The number of fused-ring (bicyclic) bond motifs is 1. The van der Waals surface area contributed by atoms with Gasteiger partial charge in [-0.05, 0) is 105 Å². The lowest BCUT2D eigenvalue weighted by Crippen LogP contribution is -3.00. The Hall–Kier alpha value is -1.84. The van der Waals surface area contributed by atoms with E-state index in [4.69, 9.17) is 4.74 Å². The minimum Gasteiger partial charge on any atom is -1.00 e. The molecule has 0 spiro atoms. The molecular weight excluding hydrogens is 428 g/mol. The molecule has 0 N–H and O–H groups in total. The van der Waals surface area contributed by atoms with Crippen molar-refractivity contribution in [2.45, 2.75) is 87.1 Å². The van der Waals surface area contributed by atoms with E-state index in [1.54, 1.807) is 0 Å². The standard InChI is InChI=1S/C29H41N2O.ClH/c1-19(2)25-13-12-20(3)29(15-25)32-18-31-17-30(27-10-8-9-11-28(27)31)16-26-23(6)21(4)14-22(5)24(26)7;/h8-11,14,17,19-20,25,29H,12-13,15-16,18H2,1-7H3;1H/q+1;/p-1/t20-,25+,29-;/m0./s1. The van der Waals surface area contributed by atoms with Crippen LogP contribution in [0.3, 0.4) is 0 Å². The largest absolute Gasteiger partial charge is 1.00 e. The normalized spacial score (nSPS) is 20.9. The molecule has 1 aliphatic carbocycles. The first-order chi connectivity index (χ1) is 15.3. The van der Waals surface area contributed by atoms with Crippen molar-refractivity contribution in [1.29, 1.82) is 0 Å². The highest BCUT2D eigenvalue weighted by molar-refractivity contribution is 5.71. The first-order valence-corrected chi connectivity index (χ1v) is 12.4. The van der Waals surface area contributed by atoms with Gasteiger partial charge in [-0.25, -0.2) is 9.13 Å². The molecule has 1 heterocycles. The highest BCUT2D eigenvalue weighted by Gasteiger charge is 2.30. The molecular formula is C29H41ClN2O. The van der Waals surface area contributed by atoms with E-state index in [0.29, 0.717) is 18.8 Å². The van der Waals surface area contributed by atoms with E-state index >= 15 is 0 Å². The highest BCUT2D eigenvalue weighted by Crippen LogP contribution is 2.35. The molecule has 0 saturated heterocycles. The molecule has 1 aromatic heterocycles. The smallest absolute Gasteiger partial charge is 0.246 e. The summed E-state index contributed by atoms with van der Waals surface area (Å²) in [6.07, 6.45) is 6.44. The van der Waals surface area contributed by atoms with Gasteiger partial charge in [0, 0.05) is 0 Å². The maximum absolute atomic E-state index is 6.57. The van der Waals surface area contributed by atoms with Gasteiger partial charge >= 0.3 is 0 Å². The molecule has 33 heavy (non-hydrogen) atoms. The van der Waals surface area contributed by atoms with E-state index < -0.39 is 0 Å². The van der Waals surface area contributed by atoms with Gasteiger partial charge in [-0.2, -0.15) is 0 Å². The van der Waals surface area contributed by atoms with Gasteiger partial charge in [-0.3, -0.25) is 0 Å². The van der Waals surface area contributed by atoms with Crippen molar-refractivity contribution in [2.24, 2.45) is 17.8 Å². The number of rotatable bonds is 6. The number of para-hydroxylation sites is 2. The van der Waals surface area contributed by atoms with E-state index in [-0.39, 0.29) is 12.4 Å². The van der Waals surface area contributed by atoms with Gasteiger partial charge in [0.05, 0.1) is 6.10 Å². The Bertz CT molecular complexity index is 1070. The average Bonchev–Trinajstić information content (AvgIpc) is 3.12. The number of imidazole rings is 1. The van der Waals surface area contributed by atoms with Crippen molar-refractivity contribution in [3.63, 3.8) is 0 Å². The topological polar surface area (TPSA) is 18.0 Å². The number of nitrogens with zero attached hydrogens (tertiary/aromatic N) is 2. The summed E-state index contributed by atoms with van der Waals surface area (Å²) in [6, 6.07) is 11.0. The number of aryl methyl sites for hydroxylation is 2. The molecule has 2 aromatic carbocycles. The predicted octanol–water partition coefficient (Wildman–Crippen LogP) is 3.65. The first kappa shape index (κ1) is 25.8. The fourth-order valence-electron chi connectivity index (χ4n) is 5.50. The zero-order chi connectivity index (χ0) is 23.0. The van der Waals surface area contributed by atoms with Crippen LogP contribution in [-0.2, 0) is 18.0 Å². The Morgan fingerprint density at radius 2 is 1.70 bits per heavy atom. The van der Waals surface area contributed by atoms with Gasteiger partial charge in [0.2, 0.25) is 6.33 Å². The molecule has 0 bridgehead atoms. The van der Waals surface area contributed by atoms with E-state index in [1.807, 2.05) is 0 Å². The van der Waals surface area contributed by atoms with Crippen LogP contribution in [0.2, 0.25) is 0 Å². The first-order valence-electron chi connectivity index (χ1n) is 12.4. The van der Waals surface area contributed by atoms with Crippen molar-refractivity contribution < 1.29 is 21.7 Å². The minimum atomic E-state index is 0. The van der Waals surface area contributed by atoms with Crippen LogP contribution in [0.15, 0.2) is 36.7 Å². The number of hydrogen-bond donors (Lipinski definition) is 0. The lowest BCUT2D eigenvalue weighted by Gasteiger charge is -2.35. The average molecular weight is 469 g/mol. The quantitative estimate of drug-likeness (QED) is 0.505. The van der Waals surface area contributed by atoms with E-state index in [1.165, 1.54) is 58.1 Å². The summed E-state index contributed by atoms with van der Waals surface area (Å²) in [4.78, 5) is 0. The van der Waals surface area contributed by atoms with Gasteiger partial charge in [0.1, 0.15) is 6.54 Å². The summed E-state index contributed by atoms with van der Waals surface area (Å²) in [7, 11) is 0. The number of halogens is 1. The summed E-state index contributed by atoms with van der Waals surface area (Å²) in [5.41, 5.74) is 9.52. The van der Waals surface area contributed by atoms with Crippen molar-refractivity contribution in [3.8, 4) is 0 Å². The number of hydrogen-bond acceptors (Lipinski definition) is 1. The predicted molar refractivity (Wildman–Crippen MR) is 133 cm³/mol. The fraction of sp³-hybridized carbons (Fsp3) is 0.552. The summed E-state index contributed by atoms with van der Waals surface area (Å²) >= 11 is 0. The van der Waals surface area contributed by atoms with E-state index in [2.05, 4.69) is 94.3 Å². The van der Waals surface area contributed by atoms with Crippen molar-refractivity contribution >= 4 is 11.0 Å². The van der Waals surface area contributed by atoms with Crippen LogP contribution in [0.5, 0.6) is 0 Å². The Morgan fingerprint density at radius 1 is 1.03 bits per heavy atom. The Morgan fingerprint density at radius 3 is 2.36 bits per heavy atom. The van der Waals surface area contributed by atoms with Gasteiger partial charge in [0.25, 0.3) is 0 Å². The summed E-state index contributed by atoms with van der Waals surface area (Å²) in [5, 5.41) is 0. The Kier molecular flexibility index (Phi) is 8.29. The summed E-state index contributed by atoms with van der Waals surface area (Å²) < 4.78 is 11.3. The molecule has 180 valence electrons. The summed E-state index contributed by atoms with van der Waals surface area (Å²) in [6.45, 7) is 17.6. The lowest BCUT2D eigenvalue weighted by atomic mass is 9.76. The van der Waals surface area contributed by atoms with Crippen LogP contribution in [0.25, 0.3) is 11.0 Å². The Labute approximate surface area is 206 Å². The van der Waals surface area contributed by atoms with Crippen molar-refractivity contribution in [3.05, 3.63) is 64.5 Å². The van der Waals surface area contributed by atoms with Crippen LogP contribution >= 0.6 is 0 Å². The molecule has 4 heteroatoms. The molecule has 0 aliphatic heterocycles. The van der Waals surface area contributed by atoms with Crippen LogP contribution in [0.4, 0.5) is 0 Å². The summed E-state index contributed by atoms with van der Waals surface area (Å²) in [5.74, 6) is 2.17. The SMILES string of the molecule is Cc1cc(C)c(C)c(C[n+]2cn(CO[C@H]3C[C@H](C(C)C)CC[C@@H]3C)c3ccccc32)c1C.[Cl-]. The molecule has 1 fully saturated rings. The zero-order valence-electron chi connectivity index (χ0n) is 21.5. The van der Waals surface area contributed by atoms with Gasteiger partial charge in [-0.15, -0.1) is 0 Å². The molecule has 1 aliphatic rings. The molecule has 0 unspecified atom stereocenters. The zero-order valence-corrected chi connectivity index (χ0v) is 22.2. The minimum absolute atomic E-state index is 0. The molecule has 3 nitrogen and oxygen atoms in total. The van der Waals surface area contributed by atoms with Crippen molar-refractivity contribution in [2.75, 3.05) is 0 Å². The van der Waals surface area contributed by atoms with Crippen LogP contribution < -0.4 is 17.0 Å². The maximum atomic E-state index is 6.57. The van der Waals surface area contributed by atoms with Crippen LogP contribution in [0.1, 0.15) is 67.9 Å². The fourth-order valence-corrected chi connectivity index (χ4v) is 5.50. The molecule has 0 amide bonds. The van der Waals surface area contributed by atoms with E-state index in [9.17, 15) is 0 Å². The Balaban J connectivity index is 0.00000306. The number of ether oxygens (including phenoxy) is 1. The molecule has 4 rings (SSSR count). The highest BCUT2D eigenvalue weighted by atomic mass is 35.5. The van der Waals surface area contributed by atoms with Gasteiger partial charge in [-0.1, -0.05) is 39.0 Å². The third kappa shape index (κ3) is 5.30.